The number of rotatable bonds is 6. The molecule has 0 aliphatic heterocycles. The van der Waals surface area contributed by atoms with Crippen LogP contribution in [0.15, 0.2) is 35.4 Å². The lowest BCUT2D eigenvalue weighted by molar-refractivity contribution is -0.148. The van der Waals surface area contributed by atoms with Crippen LogP contribution in [0.5, 0.6) is 0 Å². The number of benzene rings is 1. The predicted octanol–water partition coefficient (Wildman–Crippen LogP) is 0.329. The highest BCUT2D eigenvalue weighted by Gasteiger charge is 2.43. The van der Waals surface area contributed by atoms with Crippen molar-refractivity contribution in [3.05, 3.63) is 57.7 Å². The number of H-pyrrole nitrogens is 1. The first-order valence-electron chi connectivity index (χ1n) is 6.68. The predicted molar refractivity (Wildman–Crippen MR) is 81.0 cm³/mol. The third kappa shape index (κ3) is 3.32. The van der Waals surface area contributed by atoms with Gasteiger partial charge in [0, 0.05) is 10.5 Å². The van der Waals surface area contributed by atoms with E-state index in [-0.39, 0.29) is 23.5 Å². The molecular formula is C13H14N8O3. The molecular weight excluding hydrogens is 316 g/mol. The van der Waals surface area contributed by atoms with Crippen molar-refractivity contribution in [2.24, 2.45) is 10.8 Å². The van der Waals surface area contributed by atoms with Crippen LogP contribution in [-0.4, -0.2) is 34.4 Å². The third-order valence-corrected chi connectivity index (χ3v) is 3.13. The van der Waals surface area contributed by atoms with E-state index in [2.05, 4.69) is 35.5 Å². The van der Waals surface area contributed by atoms with Crippen LogP contribution in [0.2, 0.25) is 0 Å². The Morgan fingerprint density at radius 3 is 2.75 bits per heavy atom. The van der Waals surface area contributed by atoms with Gasteiger partial charge < -0.3 is 10.1 Å². The van der Waals surface area contributed by atoms with Gasteiger partial charge in [0.2, 0.25) is 5.66 Å². The van der Waals surface area contributed by atoms with Gasteiger partial charge >= 0.3 is 5.97 Å². The van der Waals surface area contributed by atoms with E-state index in [9.17, 15) is 9.59 Å². The third-order valence-electron chi connectivity index (χ3n) is 3.13. The van der Waals surface area contributed by atoms with Crippen molar-refractivity contribution >= 4 is 11.9 Å². The van der Waals surface area contributed by atoms with Crippen LogP contribution in [0.25, 0.3) is 10.4 Å². The zero-order valence-corrected chi connectivity index (χ0v) is 12.6. The molecule has 1 amide bonds. The SMILES string of the molecule is COC(=O)C(N)(NC(=O)c1ccccc1)c1n[nH]nc1CN=[N+]=[N-]. The van der Waals surface area contributed by atoms with Gasteiger partial charge in [-0.15, -0.1) is 0 Å². The van der Waals surface area contributed by atoms with E-state index in [0.717, 1.165) is 7.11 Å². The van der Waals surface area contributed by atoms with Gasteiger partial charge in [0.25, 0.3) is 5.91 Å². The van der Waals surface area contributed by atoms with Gasteiger partial charge in [-0.1, -0.05) is 23.3 Å². The van der Waals surface area contributed by atoms with Crippen molar-refractivity contribution in [3.63, 3.8) is 0 Å². The number of carbonyl (C=O) groups excluding carboxylic acids is 2. The standard InChI is InChI=1S/C13H14N8O3/c1-24-12(23)13(14,10-9(7-16-20-15)18-21-19-10)17-11(22)8-5-3-2-4-6-8/h2-6H,7,14H2,1H3,(H,17,22)(H,18,19,21). The molecule has 0 saturated carbocycles. The Kier molecular flexibility index (Phi) is 5.09. The molecule has 11 nitrogen and oxygen atoms in total. The van der Waals surface area contributed by atoms with Crippen LogP contribution >= 0.6 is 0 Å². The van der Waals surface area contributed by atoms with Gasteiger partial charge in [-0.25, -0.2) is 4.79 Å². The van der Waals surface area contributed by atoms with Crippen molar-refractivity contribution < 1.29 is 14.3 Å². The van der Waals surface area contributed by atoms with Crippen LogP contribution in [-0.2, 0) is 21.7 Å². The first-order chi connectivity index (χ1) is 11.5. The van der Waals surface area contributed by atoms with Crippen molar-refractivity contribution in [1.82, 2.24) is 20.7 Å². The summed E-state index contributed by atoms with van der Waals surface area (Å²) in [6.45, 7) is -0.209. The topological polar surface area (TPSA) is 172 Å². The first-order valence-corrected chi connectivity index (χ1v) is 6.68. The molecule has 1 unspecified atom stereocenters. The summed E-state index contributed by atoms with van der Waals surface area (Å²) in [5, 5.41) is 15.6. The molecule has 0 saturated heterocycles. The fourth-order valence-corrected chi connectivity index (χ4v) is 1.99. The van der Waals surface area contributed by atoms with Gasteiger partial charge in [-0.05, 0) is 17.7 Å². The molecule has 0 bridgehead atoms. The summed E-state index contributed by atoms with van der Waals surface area (Å²) < 4.78 is 4.67. The summed E-state index contributed by atoms with van der Waals surface area (Å²) >= 11 is 0. The highest BCUT2D eigenvalue weighted by molar-refractivity contribution is 5.98. The largest absolute Gasteiger partial charge is 0.466 e. The number of hydrogen-bond donors (Lipinski definition) is 3. The molecule has 0 spiro atoms. The summed E-state index contributed by atoms with van der Waals surface area (Å²) in [5.74, 6) is -1.57. The van der Waals surface area contributed by atoms with Crippen LogP contribution in [0, 0.1) is 0 Å². The Labute approximate surface area is 135 Å². The maximum atomic E-state index is 12.4. The molecule has 124 valence electrons. The number of nitrogens with zero attached hydrogens (tertiary/aromatic N) is 5. The van der Waals surface area contributed by atoms with E-state index in [1.54, 1.807) is 30.3 Å². The number of ether oxygens (including phenoxy) is 1. The van der Waals surface area contributed by atoms with Crippen LogP contribution in [0.4, 0.5) is 0 Å². The minimum absolute atomic E-state index is 0.106. The van der Waals surface area contributed by atoms with E-state index in [0.29, 0.717) is 0 Å². The number of hydrogen-bond acceptors (Lipinski definition) is 7. The summed E-state index contributed by atoms with van der Waals surface area (Å²) in [6.07, 6.45) is 0. The normalized spacial score (nSPS) is 12.6. The van der Waals surface area contributed by atoms with Gasteiger partial charge in [0.1, 0.15) is 5.69 Å². The average Bonchev–Trinajstić information content (AvgIpc) is 3.08. The second kappa shape index (κ2) is 7.22. The highest BCUT2D eigenvalue weighted by Crippen LogP contribution is 2.19. The second-order valence-electron chi connectivity index (χ2n) is 4.63. The molecule has 1 atom stereocenters. The molecule has 0 aliphatic rings. The number of amides is 1. The Balaban J connectivity index is 2.40. The number of carbonyl (C=O) groups is 2. The van der Waals surface area contributed by atoms with Crippen LogP contribution in [0.1, 0.15) is 21.7 Å². The minimum atomic E-state index is -2.10. The van der Waals surface area contributed by atoms with Gasteiger partial charge in [-0.3, -0.25) is 10.5 Å². The summed E-state index contributed by atoms with van der Waals surface area (Å²) in [6, 6.07) is 8.17. The number of nitrogens with two attached hydrogens (primary N) is 1. The van der Waals surface area contributed by atoms with Crippen LogP contribution < -0.4 is 11.1 Å². The summed E-state index contributed by atoms with van der Waals surface area (Å²) in [5.41, 5.74) is 12.7. The van der Waals surface area contributed by atoms with E-state index >= 15 is 0 Å². The van der Waals surface area contributed by atoms with Gasteiger partial charge in [0.15, 0.2) is 0 Å². The van der Waals surface area contributed by atoms with E-state index in [1.165, 1.54) is 0 Å². The first kappa shape index (κ1) is 16.9. The second-order valence-corrected chi connectivity index (χ2v) is 4.63. The lowest BCUT2D eigenvalue weighted by atomic mass is 10.0. The molecule has 1 aromatic heterocycles. The number of aromatic nitrogens is 3. The lowest BCUT2D eigenvalue weighted by Crippen LogP contribution is -2.59. The Hall–Kier alpha value is -3.43. The molecule has 1 heterocycles. The molecule has 2 aromatic rings. The summed E-state index contributed by atoms with van der Waals surface area (Å²) in [7, 11) is 1.12. The van der Waals surface area contributed by atoms with Crippen molar-refractivity contribution in [1.29, 1.82) is 0 Å². The number of methoxy groups -OCH3 is 1. The van der Waals surface area contributed by atoms with Crippen LogP contribution in [0.3, 0.4) is 0 Å². The average molecular weight is 330 g/mol. The molecule has 2 rings (SSSR count). The molecule has 24 heavy (non-hydrogen) atoms. The molecule has 1 aromatic carbocycles. The molecule has 0 radical (unpaired) electrons. The van der Waals surface area contributed by atoms with Crippen molar-refractivity contribution in [2.45, 2.75) is 12.2 Å². The number of esters is 1. The maximum Gasteiger partial charge on any atom is 0.353 e. The Morgan fingerprint density at radius 1 is 1.42 bits per heavy atom. The van der Waals surface area contributed by atoms with Crippen molar-refractivity contribution in [2.75, 3.05) is 7.11 Å². The zero-order valence-electron chi connectivity index (χ0n) is 12.6. The lowest BCUT2D eigenvalue weighted by Gasteiger charge is -2.26. The monoisotopic (exact) mass is 330 g/mol. The van der Waals surface area contributed by atoms with E-state index < -0.39 is 17.5 Å². The molecule has 4 N–H and O–H groups in total. The maximum absolute atomic E-state index is 12.4. The Bertz CT molecular complexity index is 784. The number of nitrogens with one attached hydrogen (secondary N) is 2. The quantitative estimate of drug-likeness (QED) is 0.226. The molecule has 0 fully saturated rings. The molecule has 11 heteroatoms. The van der Waals surface area contributed by atoms with Gasteiger partial charge in [-0.2, -0.15) is 15.4 Å². The van der Waals surface area contributed by atoms with Crippen molar-refractivity contribution in [3.8, 4) is 0 Å². The van der Waals surface area contributed by atoms with E-state index in [4.69, 9.17) is 11.3 Å². The number of azide groups is 1. The Morgan fingerprint density at radius 2 is 2.12 bits per heavy atom. The fraction of sp³-hybridized carbons (Fsp3) is 0.231. The fourth-order valence-electron chi connectivity index (χ4n) is 1.99. The van der Waals surface area contributed by atoms with Gasteiger partial charge in [0.05, 0.1) is 19.3 Å². The summed E-state index contributed by atoms with van der Waals surface area (Å²) in [4.78, 5) is 27.1. The smallest absolute Gasteiger partial charge is 0.353 e. The molecule has 0 aliphatic carbocycles. The zero-order chi connectivity index (χ0) is 17.6. The minimum Gasteiger partial charge on any atom is -0.466 e. The highest BCUT2D eigenvalue weighted by atomic mass is 16.5. The van der Waals surface area contributed by atoms with E-state index in [1.807, 2.05) is 0 Å². The number of aromatic amines is 1.